The van der Waals surface area contributed by atoms with Crippen LogP contribution in [0.1, 0.15) is 0 Å². The minimum absolute atomic E-state index is 0.0280. The van der Waals surface area contributed by atoms with Gasteiger partial charge in [-0.25, -0.2) is 0 Å². The van der Waals surface area contributed by atoms with Crippen LogP contribution in [0.15, 0.2) is 18.2 Å². The molecule has 5 nitrogen and oxygen atoms in total. The first-order valence-electron chi connectivity index (χ1n) is 5.63. The van der Waals surface area contributed by atoms with E-state index < -0.39 is 6.10 Å². The number of hydrogen-bond acceptors (Lipinski definition) is 4. The Morgan fingerprint density at radius 3 is 3.11 bits per heavy atom. The summed E-state index contributed by atoms with van der Waals surface area (Å²) in [6.07, 6.45) is -0.620. The minimum Gasteiger partial charge on any atom is -0.479 e. The van der Waals surface area contributed by atoms with Crippen molar-refractivity contribution in [2.24, 2.45) is 0 Å². The van der Waals surface area contributed by atoms with E-state index in [1.165, 1.54) is 0 Å². The Balaban J connectivity index is 2.20. The second kappa shape index (κ2) is 5.46. The average Bonchev–Trinajstić information content (AvgIpc) is 2.40. The Morgan fingerprint density at radius 2 is 2.39 bits per heavy atom. The molecule has 1 unspecified atom stereocenters. The molecular formula is C12H15ClN2O3. The quantitative estimate of drug-likeness (QED) is 0.803. The second-order valence-electron chi connectivity index (χ2n) is 4.08. The summed E-state index contributed by atoms with van der Waals surface area (Å²) in [7, 11) is 1.71. The third-order valence-corrected chi connectivity index (χ3v) is 3.13. The van der Waals surface area contributed by atoms with Gasteiger partial charge in [0.15, 0.2) is 12.4 Å². The van der Waals surface area contributed by atoms with Crippen LogP contribution in [0.4, 0.5) is 11.4 Å². The third-order valence-electron chi connectivity index (χ3n) is 2.78. The molecule has 0 fully saturated rings. The SMILES string of the molecule is CN1C(=O)COc2c(NCC(O)CCl)cccc21. The fourth-order valence-corrected chi connectivity index (χ4v) is 1.84. The Labute approximate surface area is 110 Å². The number of carbonyl (C=O) groups excluding carboxylic acids is 1. The van der Waals surface area contributed by atoms with E-state index in [9.17, 15) is 9.90 Å². The molecule has 1 aliphatic heterocycles. The van der Waals surface area contributed by atoms with Crippen molar-refractivity contribution < 1.29 is 14.6 Å². The van der Waals surface area contributed by atoms with Crippen LogP contribution < -0.4 is 15.0 Å². The number of nitrogens with one attached hydrogen (secondary N) is 1. The van der Waals surface area contributed by atoms with E-state index in [4.69, 9.17) is 16.3 Å². The number of fused-ring (bicyclic) bond motifs is 1. The van der Waals surface area contributed by atoms with E-state index in [-0.39, 0.29) is 18.4 Å². The van der Waals surface area contributed by atoms with Crippen molar-refractivity contribution in [1.82, 2.24) is 0 Å². The number of rotatable bonds is 4. The highest BCUT2D eigenvalue weighted by Crippen LogP contribution is 2.37. The molecule has 2 rings (SSSR count). The zero-order valence-corrected chi connectivity index (χ0v) is 10.8. The minimum atomic E-state index is -0.620. The summed E-state index contributed by atoms with van der Waals surface area (Å²) in [5, 5.41) is 12.5. The lowest BCUT2D eigenvalue weighted by atomic mass is 10.2. The molecule has 1 aromatic carbocycles. The fourth-order valence-electron chi connectivity index (χ4n) is 1.73. The van der Waals surface area contributed by atoms with Crippen LogP contribution in [0.25, 0.3) is 0 Å². The Bertz CT molecular complexity index is 453. The summed E-state index contributed by atoms with van der Waals surface area (Å²) in [4.78, 5) is 13.1. The van der Waals surface area contributed by atoms with Gasteiger partial charge in [0.1, 0.15) is 0 Å². The molecular weight excluding hydrogens is 256 g/mol. The van der Waals surface area contributed by atoms with Crippen LogP contribution >= 0.6 is 11.6 Å². The van der Waals surface area contributed by atoms with Gasteiger partial charge in [0, 0.05) is 13.6 Å². The van der Waals surface area contributed by atoms with Crippen LogP contribution in [0, 0.1) is 0 Å². The third kappa shape index (κ3) is 2.52. The summed E-state index contributed by atoms with van der Waals surface area (Å²) in [5.41, 5.74) is 1.47. The predicted molar refractivity (Wildman–Crippen MR) is 70.6 cm³/mol. The largest absolute Gasteiger partial charge is 0.479 e. The van der Waals surface area contributed by atoms with Crippen molar-refractivity contribution in [3.63, 3.8) is 0 Å². The van der Waals surface area contributed by atoms with Crippen molar-refractivity contribution in [3.05, 3.63) is 18.2 Å². The van der Waals surface area contributed by atoms with Crippen molar-refractivity contribution in [3.8, 4) is 5.75 Å². The number of benzene rings is 1. The number of halogens is 1. The predicted octanol–water partition coefficient (Wildman–Crippen LogP) is 1.05. The maximum absolute atomic E-state index is 11.5. The number of anilines is 2. The van der Waals surface area contributed by atoms with E-state index in [0.29, 0.717) is 12.3 Å². The lowest BCUT2D eigenvalue weighted by Gasteiger charge is -2.27. The van der Waals surface area contributed by atoms with Gasteiger partial charge in [0.25, 0.3) is 5.91 Å². The van der Waals surface area contributed by atoms with Crippen molar-refractivity contribution in [2.75, 3.05) is 36.3 Å². The number of aliphatic hydroxyl groups is 1. The van der Waals surface area contributed by atoms with Crippen LogP contribution in [-0.4, -0.2) is 43.2 Å². The Morgan fingerprint density at radius 1 is 1.61 bits per heavy atom. The molecule has 1 amide bonds. The Hall–Kier alpha value is -1.46. The van der Waals surface area contributed by atoms with E-state index in [0.717, 1.165) is 11.4 Å². The summed E-state index contributed by atoms with van der Waals surface area (Å²) in [6, 6.07) is 5.48. The molecule has 0 saturated carbocycles. The number of hydrogen-bond donors (Lipinski definition) is 2. The number of amides is 1. The van der Waals surface area contributed by atoms with E-state index in [2.05, 4.69) is 5.32 Å². The number of ether oxygens (including phenoxy) is 1. The molecule has 1 heterocycles. The van der Waals surface area contributed by atoms with E-state index in [1.54, 1.807) is 11.9 Å². The number of nitrogens with zero attached hydrogens (tertiary/aromatic N) is 1. The first-order chi connectivity index (χ1) is 8.63. The number of aliphatic hydroxyl groups excluding tert-OH is 1. The van der Waals surface area contributed by atoms with Gasteiger partial charge in [-0.05, 0) is 12.1 Å². The highest BCUT2D eigenvalue weighted by Gasteiger charge is 2.24. The molecule has 2 N–H and O–H groups in total. The first-order valence-corrected chi connectivity index (χ1v) is 6.17. The lowest BCUT2D eigenvalue weighted by molar-refractivity contribution is -0.120. The zero-order valence-electron chi connectivity index (χ0n) is 10.0. The number of alkyl halides is 1. The molecule has 0 spiro atoms. The van der Waals surface area contributed by atoms with Gasteiger partial charge in [-0.1, -0.05) is 6.07 Å². The second-order valence-corrected chi connectivity index (χ2v) is 4.39. The highest BCUT2D eigenvalue weighted by atomic mass is 35.5. The Kier molecular flexibility index (Phi) is 3.93. The van der Waals surface area contributed by atoms with Gasteiger partial charge in [-0.15, -0.1) is 11.6 Å². The topological polar surface area (TPSA) is 61.8 Å². The normalized spacial score (nSPS) is 15.9. The standard InChI is InChI=1S/C12H15ClN2O3/c1-15-10-4-2-3-9(14-6-8(16)5-13)12(10)18-7-11(15)17/h2-4,8,14,16H,5-7H2,1H3. The summed E-state index contributed by atoms with van der Waals surface area (Å²) < 4.78 is 5.43. The summed E-state index contributed by atoms with van der Waals surface area (Å²) >= 11 is 5.53. The molecule has 1 aromatic rings. The smallest absolute Gasteiger partial charge is 0.264 e. The van der Waals surface area contributed by atoms with Gasteiger partial charge >= 0.3 is 0 Å². The van der Waals surface area contributed by atoms with Crippen LogP contribution in [-0.2, 0) is 4.79 Å². The fraction of sp³-hybridized carbons (Fsp3) is 0.417. The van der Waals surface area contributed by atoms with Crippen molar-refractivity contribution >= 4 is 28.9 Å². The van der Waals surface area contributed by atoms with Crippen LogP contribution in [0.5, 0.6) is 5.75 Å². The average molecular weight is 271 g/mol. The zero-order chi connectivity index (χ0) is 13.1. The first kappa shape index (κ1) is 13.0. The number of para-hydroxylation sites is 1. The lowest BCUT2D eigenvalue weighted by Crippen LogP contribution is -2.35. The molecule has 6 heteroatoms. The molecule has 18 heavy (non-hydrogen) atoms. The van der Waals surface area contributed by atoms with Crippen molar-refractivity contribution in [2.45, 2.75) is 6.10 Å². The van der Waals surface area contributed by atoms with Gasteiger partial charge in [0.2, 0.25) is 0 Å². The highest BCUT2D eigenvalue weighted by molar-refractivity contribution is 6.18. The van der Waals surface area contributed by atoms with E-state index >= 15 is 0 Å². The molecule has 0 saturated heterocycles. The molecule has 1 aliphatic rings. The molecule has 98 valence electrons. The molecule has 0 aromatic heterocycles. The van der Waals surface area contributed by atoms with Crippen molar-refractivity contribution in [1.29, 1.82) is 0 Å². The monoisotopic (exact) mass is 270 g/mol. The van der Waals surface area contributed by atoms with Gasteiger partial charge in [-0.2, -0.15) is 0 Å². The molecule has 0 radical (unpaired) electrons. The number of likely N-dealkylation sites (N-methyl/N-ethyl adjacent to an activating group) is 1. The summed E-state index contributed by atoms with van der Waals surface area (Å²) in [5.74, 6) is 0.711. The van der Waals surface area contributed by atoms with Crippen LogP contribution in [0.2, 0.25) is 0 Å². The molecule has 0 bridgehead atoms. The van der Waals surface area contributed by atoms with Gasteiger partial charge in [0.05, 0.1) is 23.4 Å². The van der Waals surface area contributed by atoms with Gasteiger partial charge in [-0.3, -0.25) is 4.79 Å². The van der Waals surface area contributed by atoms with Crippen LogP contribution in [0.3, 0.4) is 0 Å². The molecule has 1 atom stereocenters. The molecule has 0 aliphatic carbocycles. The van der Waals surface area contributed by atoms with Gasteiger partial charge < -0.3 is 20.1 Å². The maximum atomic E-state index is 11.5. The maximum Gasteiger partial charge on any atom is 0.264 e. The van der Waals surface area contributed by atoms with E-state index in [1.807, 2.05) is 18.2 Å². The number of carbonyl (C=O) groups is 1. The summed E-state index contributed by atoms with van der Waals surface area (Å²) in [6.45, 7) is 0.362.